The highest BCUT2D eigenvalue weighted by molar-refractivity contribution is 7.58. The highest BCUT2D eigenvalue weighted by Crippen LogP contribution is 2.57. The van der Waals surface area contributed by atoms with Crippen LogP contribution >= 0.6 is 7.60 Å². The van der Waals surface area contributed by atoms with Crippen LogP contribution in [0.5, 0.6) is 0 Å². The summed E-state index contributed by atoms with van der Waals surface area (Å²) in [7, 11) is 3.47. The summed E-state index contributed by atoms with van der Waals surface area (Å²) in [6.07, 6.45) is -2.09. The first-order valence-electron chi connectivity index (χ1n) is 10.2. The second-order valence-corrected chi connectivity index (χ2v) is 9.22. The Labute approximate surface area is 188 Å². The number of methoxy groups -OCH3 is 1. The van der Waals surface area contributed by atoms with E-state index in [1.807, 2.05) is 0 Å². The van der Waals surface area contributed by atoms with Crippen molar-refractivity contribution in [1.29, 1.82) is 0 Å². The summed E-state index contributed by atoms with van der Waals surface area (Å²) in [4.78, 5) is 26.5. The molecule has 0 aromatic carbocycles. The van der Waals surface area contributed by atoms with E-state index in [4.69, 9.17) is 36.0 Å². The van der Waals surface area contributed by atoms with Gasteiger partial charge in [-0.25, -0.2) is 4.79 Å². The zero-order valence-corrected chi connectivity index (χ0v) is 19.7. The van der Waals surface area contributed by atoms with Crippen LogP contribution < -0.4 is 11.2 Å². The number of H-pyrrole nitrogens is 1. The quantitative estimate of drug-likeness (QED) is 0.258. The predicted molar refractivity (Wildman–Crippen MR) is 117 cm³/mol. The summed E-state index contributed by atoms with van der Waals surface area (Å²) in [6, 6.07) is 0. The monoisotopic (exact) mass is 472 g/mol. The van der Waals surface area contributed by atoms with Crippen LogP contribution in [-0.2, 0) is 32.5 Å². The first-order chi connectivity index (χ1) is 15.2. The van der Waals surface area contributed by atoms with E-state index in [0.29, 0.717) is 5.56 Å². The molecule has 0 bridgehead atoms. The highest BCUT2D eigenvalue weighted by atomic mass is 31.2. The molecule has 0 spiro atoms. The molecule has 4 atom stereocenters. The first-order valence-corrected chi connectivity index (χ1v) is 11.8. The zero-order valence-electron chi connectivity index (χ0n) is 18.8. The Morgan fingerprint density at radius 1 is 1.25 bits per heavy atom. The topological polar surface area (TPSA) is 127 Å². The SMILES string of the molecule is [B]O[C@@H]1C(CC(=C)P(=O)(OCC)OCC)O[C@@H](n2cc(C)c(=O)[nH]c2=O)[C@@H]1OCCOC. The standard InChI is InChI=1S/C19H30BN2O9P/c1-6-28-32(25,29-7-2)13(4)10-14-15(31-20)16(27-9-8-26-5)18(30-14)22-11-12(3)17(23)21-19(22)24/h11,14-16,18H,4,6-10H2,1-3,5H3,(H,21,23,24)/t14?,15-,16-,18-/m1/s1. The van der Waals surface area contributed by atoms with Crippen LogP contribution in [0.3, 0.4) is 0 Å². The molecular weight excluding hydrogens is 442 g/mol. The average Bonchev–Trinajstić information content (AvgIpc) is 3.08. The lowest BCUT2D eigenvalue weighted by Gasteiger charge is -2.25. The van der Waals surface area contributed by atoms with Gasteiger partial charge in [0.05, 0.1) is 38.6 Å². The number of aryl methyl sites for hydroxylation is 1. The van der Waals surface area contributed by atoms with Gasteiger partial charge in [-0.3, -0.25) is 18.9 Å². The molecule has 11 nitrogen and oxygen atoms in total. The molecule has 32 heavy (non-hydrogen) atoms. The van der Waals surface area contributed by atoms with Gasteiger partial charge in [-0.2, -0.15) is 0 Å². The summed E-state index contributed by atoms with van der Waals surface area (Å²) in [5.41, 5.74) is -0.887. The van der Waals surface area contributed by atoms with E-state index in [1.54, 1.807) is 20.8 Å². The maximum Gasteiger partial charge on any atom is 0.356 e. The molecule has 1 aromatic rings. The highest BCUT2D eigenvalue weighted by Gasteiger charge is 2.48. The molecule has 0 saturated carbocycles. The largest absolute Gasteiger partial charge is 0.440 e. The van der Waals surface area contributed by atoms with Crippen LogP contribution in [0, 0.1) is 6.92 Å². The minimum absolute atomic E-state index is 0.0108. The Bertz CT molecular complexity index is 924. The van der Waals surface area contributed by atoms with Crippen LogP contribution in [0.1, 0.15) is 32.1 Å². The van der Waals surface area contributed by atoms with Crippen molar-refractivity contribution in [2.24, 2.45) is 0 Å². The minimum Gasteiger partial charge on any atom is -0.440 e. The lowest BCUT2D eigenvalue weighted by Crippen LogP contribution is -2.41. The molecule has 0 amide bonds. The van der Waals surface area contributed by atoms with Crippen molar-refractivity contribution in [3.8, 4) is 0 Å². The summed E-state index contributed by atoms with van der Waals surface area (Å²) in [5, 5.41) is 0.175. The second kappa shape index (κ2) is 12.1. The number of hydrogen-bond donors (Lipinski definition) is 1. The zero-order chi connectivity index (χ0) is 23.9. The van der Waals surface area contributed by atoms with Gasteiger partial charge in [0.2, 0.25) is 0 Å². The van der Waals surface area contributed by atoms with E-state index in [9.17, 15) is 14.2 Å². The maximum atomic E-state index is 13.1. The molecule has 2 heterocycles. The van der Waals surface area contributed by atoms with Crippen LogP contribution in [0.15, 0.2) is 27.7 Å². The van der Waals surface area contributed by atoms with E-state index in [0.717, 1.165) is 0 Å². The van der Waals surface area contributed by atoms with Crippen molar-refractivity contribution in [3.05, 3.63) is 44.5 Å². The Morgan fingerprint density at radius 2 is 1.91 bits per heavy atom. The van der Waals surface area contributed by atoms with E-state index in [1.165, 1.54) is 17.9 Å². The molecule has 1 aliphatic rings. The third-order valence-electron chi connectivity index (χ3n) is 4.88. The minimum atomic E-state index is -3.61. The van der Waals surface area contributed by atoms with Gasteiger partial charge in [0.15, 0.2) is 6.23 Å². The van der Waals surface area contributed by atoms with Crippen molar-refractivity contribution in [3.63, 3.8) is 0 Å². The Kier molecular flexibility index (Phi) is 10.1. The normalized spacial score (nSPS) is 23.5. The number of nitrogens with zero attached hydrogens (tertiary/aromatic N) is 1. The molecule has 1 N–H and O–H groups in total. The number of hydrogen-bond acceptors (Lipinski definition) is 9. The van der Waals surface area contributed by atoms with Gasteiger partial charge in [0.1, 0.15) is 6.10 Å². The molecule has 1 unspecified atom stereocenters. The van der Waals surface area contributed by atoms with Gasteiger partial charge < -0.3 is 27.9 Å². The number of aromatic amines is 1. The molecule has 1 aliphatic heterocycles. The number of ether oxygens (including phenoxy) is 3. The molecule has 1 fully saturated rings. The lowest BCUT2D eigenvalue weighted by molar-refractivity contribution is -0.0774. The summed E-state index contributed by atoms with van der Waals surface area (Å²) in [5.74, 6) is 0. The molecule has 178 valence electrons. The van der Waals surface area contributed by atoms with Gasteiger partial charge in [0, 0.05) is 30.6 Å². The van der Waals surface area contributed by atoms with E-state index >= 15 is 0 Å². The first kappa shape index (κ1) is 26.7. The molecule has 2 radical (unpaired) electrons. The van der Waals surface area contributed by atoms with Crippen molar-refractivity contribution in [2.75, 3.05) is 33.5 Å². The van der Waals surface area contributed by atoms with E-state index in [2.05, 4.69) is 11.6 Å². The van der Waals surface area contributed by atoms with Crippen LogP contribution in [-0.4, -0.2) is 69.4 Å². The molecule has 1 aromatic heterocycles. The Hall–Kier alpha value is -1.53. The molecule has 0 aliphatic carbocycles. The van der Waals surface area contributed by atoms with Crippen LogP contribution in [0.25, 0.3) is 0 Å². The van der Waals surface area contributed by atoms with Gasteiger partial charge >= 0.3 is 13.3 Å². The number of rotatable bonds is 13. The molecule has 2 rings (SSSR count). The second-order valence-electron chi connectivity index (χ2n) is 7.08. The third kappa shape index (κ3) is 6.08. The van der Waals surface area contributed by atoms with Crippen LogP contribution in [0.4, 0.5) is 0 Å². The smallest absolute Gasteiger partial charge is 0.356 e. The van der Waals surface area contributed by atoms with Crippen molar-refractivity contribution >= 4 is 15.6 Å². The van der Waals surface area contributed by atoms with Gasteiger partial charge in [0.25, 0.3) is 13.6 Å². The van der Waals surface area contributed by atoms with Crippen molar-refractivity contribution in [1.82, 2.24) is 9.55 Å². The fourth-order valence-electron chi connectivity index (χ4n) is 3.38. The fourth-order valence-corrected chi connectivity index (χ4v) is 4.91. The van der Waals surface area contributed by atoms with Crippen LogP contribution in [0.2, 0.25) is 0 Å². The lowest BCUT2D eigenvalue weighted by atomic mass is 10.1. The number of aromatic nitrogens is 2. The summed E-state index contributed by atoms with van der Waals surface area (Å²) < 4.78 is 47.1. The predicted octanol–water partition coefficient (Wildman–Crippen LogP) is 1.41. The molecular formula is C19H30BN2O9P. The van der Waals surface area contributed by atoms with Gasteiger partial charge in [-0.1, -0.05) is 6.58 Å². The molecule has 13 heteroatoms. The van der Waals surface area contributed by atoms with Gasteiger partial charge in [-0.05, 0) is 20.8 Å². The molecule has 1 saturated heterocycles. The van der Waals surface area contributed by atoms with Gasteiger partial charge in [-0.15, -0.1) is 0 Å². The summed E-state index contributed by atoms with van der Waals surface area (Å²) >= 11 is 0. The van der Waals surface area contributed by atoms with Crippen molar-refractivity contribution in [2.45, 2.75) is 51.7 Å². The Morgan fingerprint density at radius 3 is 2.47 bits per heavy atom. The summed E-state index contributed by atoms with van der Waals surface area (Å²) in [6.45, 7) is 9.59. The fraction of sp³-hybridized carbons (Fsp3) is 0.684. The Balaban J connectivity index is 2.38. The van der Waals surface area contributed by atoms with E-state index < -0.39 is 43.4 Å². The average molecular weight is 472 g/mol. The maximum absolute atomic E-state index is 13.1. The van der Waals surface area contributed by atoms with Crippen molar-refractivity contribution < 1.29 is 32.5 Å². The third-order valence-corrected chi connectivity index (χ3v) is 7.04. The van der Waals surface area contributed by atoms with E-state index in [-0.39, 0.29) is 38.2 Å². The number of nitrogens with one attached hydrogen (secondary N) is 1.